The molecule has 2 aliphatic heterocycles. The van der Waals surface area contributed by atoms with E-state index in [1.165, 1.54) is 0 Å². The molecule has 0 unspecified atom stereocenters. The van der Waals surface area contributed by atoms with Gasteiger partial charge in [-0.25, -0.2) is 0 Å². The molecule has 2 aliphatic rings. The Morgan fingerprint density at radius 1 is 1.05 bits per heavy atom. The molecule has 1 N–H and O–H groups in total. The van der Waals surface area contributed by atoms with E-state index in [0.717, 1.165) is 11.1 Å². The van der Waals surface area contributed by atoms with E-state index in [9.17, 15) is 14.7 Å². The minimum Gasteiger partial charge on any atom is -0.550 e. The third-order valence-corrected chi connectivity index (χ3v) is 3.96. The molecule has 2 heterocycles. The van der Waals surface area contributed by atoms with Crippen LogP contribution in [0.2, 0.25) is 0 Å². The fourth-order valence-corrected chi connectivity index (χ4v) is 3.17. The van der Waals surface area contributed by atoms with Gasteiger partial charge < -0.3 is 20.0 Å². The molecule has 1 aromatic rings. The summed E-state index contributed by atoms with van der Waals surface area (Å²) < 4.78 is 5.47. The van der Waals surface area contributed by atoms with Gasteiger partial charge in [0.2, 0.25) is 5.91 Å². The van der Waals surface area contributed by atoms with Crippen molar-refractivity contribution >= 4 is 17.6 Å². The zero-order valence-corrected chi connectivity index (χ0v) is 11.8. The van der Waals surface area contributed by atoms with E-state index in [1.807, 2.05) is 32.0 Å². The van der Waals surface area contributed by atoms with Crippen LogP contribution >= 0.6 is 0 Å². The number of nitrogens with one attached hydrogen (secondary N) is 1. The number of carboxylic acid groups (broad SMARTS) is 1. The van der Waals surface area contributed by atoms with Crippen molar-refractivity contribution in [1.29, 1.82) is 0 Å². The largest absolute Gasteiger partial charge is 0.550 e. The number of benzene rings is 1. The second-order valence-corrected chi connectivity index (χ2v) is 5.69. The number of aliphatic carboxylic acids is 1. The second-order valence-electron chi connectivity index (χ2n) is 5.69. The van der Waals surface area contributed by atoms with Crippen LogP contribution in [0.15, 0.2) is 30.4 Å². The van der Waals surface area contributed by atoms with E-state index in [2.05, 4.69) is 5.32 Å². The Kier molecular flexibility index (Phi) is 3.29. The Morgan fingerprint density at radius 3 is 2.19 bits per heavy atom. The standard InChI is InChI=1S/C16H17NO4/c1-8-5-9(2)7-10(6-8)17-15(18)13-11-3-4-12(21-11)14(13)16(19)20/h3-7,11-14H,1-2H3,(H,17,18)(H,19,20)/p-1/t11-,12+,13-,14-/m0/s1. The first-order valence-electron chi connectivity index (χ1n) is 6.89. The summed E-state index contributed by atoms with van der Waals surface area (Å²) in [7, 11) is 0. The summed E-state index contributed by atoms with van der Waals surface area (Å²) in [6.45, 7) is 3.88. The van der Waals surface area contributed by atoms with Crippen LogP contribution in [0.1, 0.15) is 11.1 Å². The summed E-state index contributed by atoms with van der Waals surface area (Å²) >= 11 is 0. The normalized spacial score (nSPS) is 29.6. The van der Waals surface area contributed by atoms with E-state index in [0.29, 0.717) is 5.69 Å². The molecule has 0 radical (unpaired) electrons. The van der Waals surface area contributed by atoms with Gasteiger partial charge in [-0.15, -0.1) is 0 Å². The summed E-state index contributed by atoms with van der Waals surface area (Å²) in [4.78, 5) is 23.7. The lowest BCUT2D eigenvalue weighted by Crippen LogP contribution is -2.45. The van der Waals surface area contributed by atoms with Crippen molar-refractivity contribution < 1.29 is 19.4 Å². The first-order chi connectivity index (χ1) is 9.95. The number of anilines is 1. The van der Waals surface area contributed by atoms with Gasteiger partial charge in [0.25, 0.3) is 0 Å². The van der Waals surface area contributed by atoms with Crippen LogP contribution in [0, 0.1) is 25.7 Å². The zero-order chi connectivity index (χ0) is 15.1. The number of fused-ring (bicyclic) bond motifs is 2. The van der Waals surface area contributed by atoms with Gasteiger partial charge in [-0.2, -0.15) is 0 Å². The van der Waals surface area contributed by atoms with Gasteiger partial charge in [-0.3, -0.25) is 4.79 Å². The van der Waals surface area contributed by atoms with Gasteiger partial charge in [0.1, 0.15) is 0 Å². The fraction of sp³-hybridized carbons (Fsp3) is 0.375. The number of carbonyl (C=O) groups excluding carboxylic acids is 2. The number of carboxylic acids is 1. The quantitative estimate of drug-likeness (QED) is 0.824. The van der Waals surface area contributed by atoms with Gasteiger partial charge in [0.15, 0.2) is 0 Å². The molecule has 0 aromatic heterocycles. The predicted molar refractivity (Wildman–Crippen MR) is 74.3 cm³/mol. The minimum absolute atomic E-state index is 0.342. The number of amides is 1. The maximum absolute atomic E-state index is 12.4. The first-order valence-corrected chi connectivity index (χ1v) is 6.89. The molecule has 1 amide bonds. The first kappa shape index (κ1) is 13.8. The summed E-state index contributed by atoms with van der Waals surface area (Å²) in [5, 5.41) is 14.1. The van der Waals surface area contributed by atoms with Gasteiger partial charge >= 0.3 is 0 Å². The highest BCUT2D eigenvalue weighted by atomic mass is 16.5. The molecular formula is C16H16NO4-. The molecule has 1 saturated heterocycles. The summed E-state index contributed by atoms with van der Waals surface area (Å²) in [6, 6.07) is 5.70. The zero-order valence-electron chi connectivity index (χ0n) is 11.8. The van der Waals surface area contributed by atoms with E-state index < -0.39 is 30.0 Å². The second kappa shape index (κ2) is 5.00. The van der Waals surface area contributed by atoms with E-state index in [1.54, 1.807) is 12.2 Å². The highest BCUT2D eigenvalue weighted by Gasteiger charge is 2.50. The van der Waals surface area contributed by atoms with Gasteiger partial charge in [-0.05, 0) is 37.1 Å². The number of aryl methyl sites for hydroxylation is 2. The van der Waals surface area contributed by atoms with Crippen molar-refractivity contribution in [2.75, 3.05) is 5.32 Å². The molecule has 110 valence electrons. The van der Waals surface area contributed by atoms with Crippen molar-refractivity contribution in [1.82, 2.24) is 0 Å². The van der Waals surface area contributed by atoms with E-state index >= 15 is 0 Å². The highest BCUT2D eigenvalue weighted by molar-refractivity contribution is 5.96. The lowest BCUT2D eigenvalue weighted by Gasteiger charge is -2.25. The molecule has 4 atom stereocenters. The number of carbonyl (C=O) groups is 2. The molecule has 2 bridgehead atoms. The third kappa shape index (κ3) is 2.45. The van der Waals surface area contributed by atoms with Gasteiger partial charge in [0.05, 0.1) is 18.1 Å². The monoisotopic (exact) mass is 286 g/mol. The van der Waals surface area contributed by atoms with Crippen molar-refractivity contribution in [3.63, 3.8) is 0 Å². The van der Waals surface area contributed by atoms with Crippen LogP contribution in [0.25, 0.3) is 0 Å². The van der Waals surface area contributed by atoms with Crippen molar-refractivity contribution in [2.45, 2.75) is 26.1 Å². The smallest absolute Gasteiger partial charge is 0.231 e. The Balaban J connectivity index is 1.82. The summed E-state index contributed by atoms with van der Waals surface area (Å²) in [5.41, 5.74) is 2.73. The van der Waals surface area contributed by atoms with Crippen molar-refractivity contribution in [3.05, 3.63) is 41.5 Å². The maximum Gasteiger partial charge on any atom is 0.231 e. The van der Waals surface area contributed by atoms with Crippen LogP contribution in [0.4, 0.5) is 5.69 Å². The predicted octanol–water partition coefficient (Wildman–Crippen LogP) is 0.561. The maximum atomic E-state index is 12.4. The molecule has 1 fully saturated rings. The highest BCUT2D eigenvalue weighted by Crippen LogP contribution is 2.39. The van der Waals surface area contributed by atoms with Crippen LogP contribution in [0.3, 0.4) is 0 Å². The molecule has 5 heteroatoms. The average molecular weight is 286 g/mol. The van der Waals surface area contributed by atoms with E-state index in [4.69, 9.17) is 4.74 Å². The van der Waals surface area contributed by atoms with Gasteiger partial charge in [-0.1, -0.05) is 18.2 Å². The van der Waals surface area contributed by atoms with Crippen LogP contribution in [0.5, 0.6) is 0 Å². The summed E-state index contributed by atoms with van der Waals surface area (Å²) in [6.07, 6.45) is 2.39. The fourth-order valence-electron chi connectivity index (χ4n) is 3.17. The van der Waals surface area contributed by atoms with Crippen LogP contribution in [-0.2, 0) is 14.3 Å². The third-order valence-electron chi connectivity index (χ3n) is 3.96. The SMILES string of the molecule is Cc1cc(C)cc(NC(=O)[C@@H]2[C@@H](C(=O)[O-])[C@H]3C=C[C@@H]2O3)c1. The van der Waals surface area contributed by atoms with E-state index in [-0.39, 0.29) is 5.91 Å². The minimum atomic E-state index is -1.24. The lowest BCUT2D eigenvalue weighted by molar-refractivity contribution is -0.313. The molecule has 3 rings (SSSR count). The van der Waals surface area contributed by atoms with Crippen molar-refractivity contribution in [3.8, 4) is 0 Å². The van der Waals surface area contributed by atoms with Gasteiger partial charge in [0, 0.05) is 17.6 Å². The molecular weight excluding hydrogens is 270 g/mol. The molecule has 1 aromatic carbocycles. The number of hydrogen-bond acceptors (Lipinski definition) is 4. The van der Waals surface area contributed by atoms with Crippen molar-refractivity contribution in [2.24, 2.45) is 11.8 Å². The Bertz CT molecular complexity index is 617. The van der Waals surface area contributed by atoms with Crippen LogP contribution < -0.4 is 10.4 Å². The molecule has 5 nitrogen and oxygen atoms in total. The number of hydrogen-bond donors (Lipinski definition) is 1. The molecule has 0 spiro atoms. The molecule has 0 saturated carbocycles. The van der Waals surface area contributed by atoms with Crippen LogP contribution in [-0.4, -0.2) is 24.1 Å². The summed E-state index contributed by atoms with van der Waals surface area (Å²) in [5.74, 6) is -3.25. The Labute approximate surface area is 122 Å². The average Bonchev–Trinajstić information content (AvgIpc) is 2.96. The molecule has 0 aliphatic carbocycles. The number of ether oxygens (including phenoxy) is 1. The number of rotatable bonds is 3. The Morgan fingerprint density at radius 2 is 1.62 bits per heavy atom. The lowest BCUT2D eigenvalue weighted by atomic mass is 9.82. The molecule has 21 heavy (non-hydrogen) atoms. The topological polar surface area (TPSA) is 78.5 Å². The Hall–Kier alpha value is -2.14.